The molecule has 0 aromatic heterocycles. The minimum Gasteiger partial charge on any atom is -0.489 e. The van der Waals surface area contributed by atoms with Gasteiger partial charge in [-0.05, 0) is 43.3 Å². The molecule has 1 aliphatic rings. The number of sulfonamides is 1. The van der Waals surface area contributed by atoms with E-state index in [0.717, 1.165) is 16.1 Å². The number of rotatable bonds is 4. The van der Waals surface area contributed by atoms with E-state index in [1.165, 1.54) is 36.4 Å². The highest BCUT2D eigenvalue weighted by Crippen LogP contribution is 2.28. The second kappa shape index (κ2) is 6.80. The number of carbonyl (C=O) groups is 1. The van der Waals surface area contributed by atoms with Gasteiger partial charge in [0.05, 0.1) is 11.1 Å². The van der Waals surface area contributed by atoms with Crippen molar-refractivity contribution in [2.75, 3.05) is 6.61 Å². The molecule has 0 spiro atoms. The number of ether oxygens (including phenoxy) is 1. The molecule has 2 aromatic carbocycles. The summed E-state index contributed by atoms with van der Waals surface area (Å²) in [6.45, 7) is 1.46. The molecule has 1 atom stereocenters. The lowest BCUT2D eigenvalue weighted by molar-refractivity contribution is -0.142. The lowest BCUT2D eigenvalue weighted by atomic mass is 10.1. The van der Waals surface area contributed by atoms with Gasteiger partial charge >= 0.3 is 5.97 Å². The second-order valence-electron chi connectivity index (χ2n) is 5.81. The standard InChI is InChI=1S/C18H16FNO5S/c1-12-2-8-15(9-3-12)26(23,24)20-10-17(25-11-16(20)18(21)22)13-4-6-14(19)7-5-13/h2-10,16H,11H2,1H3,(H,21,22)/t16-/m0/s1. The summed E-state index contributed by atoms with van der Waals surface area (Å²) in [6, 6.07) is 9.99. The van der Waals surface area contributed by atoms with Crippen molar-refractivity contribution in [3.63, 3.8) is 0 Å². The molecule has 1 aliphatic heterocycles. The lowest BCUT2D eigenvalue weighted by Gasteiger charge is -2.32. The van der Waals surface area contributed by atoms with Crippen LogP contribution in [0, 0.1) is 12.7 Å². The Labute approximate surface area is 150 Å². The summed E-state index contributed by atoms with van der Waals surface area (Å²) in [6.07, 6.45) is 1.13. The fourth-order valence-corrected chi connectivity index (χ4v) is 3.95. The Bertz CT molecular complexity index is 952. The van der Waals surface area contributed by atoms with Gasteiger partial charge in [-0.2, -0.15) is 0 Å². The van der Waals surface area contributed by atoms with E-state index in [1.54, 1.807) is 12.1 Å². The van der Waals surface area contributed by atoms with Gasteiger partial charge in [-0.15, -0.1) is 0 Å². The van der Waals surface area contributed by atoms with E-state index in [0.29, 0.717) is 5.56 Å². The smallest absolute Gasteiger partial charge is 0.331 e. The summed E-state index contributed by atoms with van der Waals surface area (Å²) >= 11 is 0. The quantitative estimate of drug-likeness (QED) is 0.885. The van der Waals surface area contributed by atoms with E-state index in [4.69, 9.17) is 4.74 Å². The SMILES string of the molecule is Cc1ccc(S(=O)(=O)N2C=C(c3ccc(F)cc3)OC[C@H]2C(=O)O)cc1. The Morgan fingerprint density at radius 1 is 1.15 bits per heavy atom. The van der Waals surface area contributed by atoms with Crippen LogP contribution in [0.4, 0.5) is 4.39 Å². The first-order chi connectivity index (χ1) is 12.3. The predicted molar refractivity (Wildman–Crippen MR) is 92.0 cm³/mol. The van der Waals surface area contributed by atoms with Gasteiger partial charge in [-0.1, -0.05) is 17.7 Å². The molecule has 1 N–H and O–H groups in total. The highest BCUT2D eigenvalue weighted by Gasteiger charge is 2.38. The summed E-state index contributed by atoms with van der Waals surface area (Å²) in [5.74, 6) is -1.62. The molecular formula is C18H16FNO5S. The van der Waals surface area contributed by atoms with Crippen molar-refractivity contribution in [2.45, 2.75) is 17.9 Å². The number of nitrogens with zero attached hydrogens (tertiary/aromatic N) is 1. The molecule has 2 aromatic rings. The Morgan fingerprint density at radius 2 is 1.77 bits per heavy atom. The van der Waals surface area contributed by atoms with Crippen molar-refractivity contribution >= 4 is 21.8 Å². The maximum absolute atomic E-state index is 13.1. The normalized spacial score (nSPS) is 17.4. The zero-order valence-electron chi connectivity index (χ0n) is 13.8. The van der Waals surface area contributed by atoms with Crippen LogP contribution < -0.4 is 0 Å². The molecule has 0 saturated heterocycles. The molecule has 0 radical (unpaired) electrons. The number of carboxylic acids is 1. The van der Waals surface area contributed by atoms with Crippen LogP contribution in [0.5, 0.6) is 0 Å². The number of carboxylic acid groups (broad SMARTS) is 1. The van der Waals surface area contributed by atoms with Crippen LogP contribution in [0.2, 0.25) is 0 Å². The Morgan fingerprint density at radius 3 is 2.35 bits per heavy atom. The molecule has 0 bridgehead atoms. The fourth-order valence-electron chi connectivity index (χ4n) is 2.51. The third kappa shape index (κ3) is 3.41. The van der Waals surface area contributed by atoms with Gasteiger partial charge < -0.3 is 9.84 Å². The number of aryl methyl sites for hydroxylation is 1. The molecule has 0 saturated carbocycles. The number of aliphatic carboxylic acids is 1. The molecule has 136 valence electrons. The molecule has 0 aliphatic carbocycles. The van der Waals surface area contributed by atoms with Crippen LogP contribution in [0.1, 0.15) is 11.1 Å². The van der Waals surface area contributed by atoms with Crippen molar-refractivity contribution in [1.29, 1.82) is 0 Å². The minimum atomic E-state index is -4.10. The van der Waals surface area contributed by atoms with E-state index in [1.807, 2.05) is 6.92 Å². The summed E-state index contributed by atoms with van der Waals surface area (Å²) in [4.78, 5) is 11.5. The van der Waals surface area contributed by atoms with Gasteiger partial charge in [-0.3, -0.25) is 4.31 Å². The van der Waals surface area contributed by atoms with Crippen molar-refractivity contribution in [3.8, 4) is 0 Å². The first kappa shape index (κ1) is 17.9. The topological polar surface area (TPSA) is 83.9 Å². The van der Waals surface area contributed by atoms with Crippen LogP contribution in [0.15, 0.2) is 59.6 Å². The lowest BCUT2D eigenvalue weighted by Crippen LogP contribution is -2.46. The van der Waals surface area contributed by atoms with Gasteiger partial charge in [0.25, 0.3) is 10.0 Å². The third-order valence-corrected chi connectivity index (χ3v) is 5.74. The van der Waals surface area contributed by atoms with Gasteiger partial charge in [0.1, 0.15) is 18.2 Å². The molecule has 0 unspecified atom stereocenters. The zero-order chi connectivity index (χ0) is 18.9. The van der Waals surface area contributed by atoms with Gasteiger partial charge in [0.15, 0.2) is 6.04 Å². The third-order valence-electron chi connectivity index (χ3n) is 3.96. The molecule has 26 heavy (non-hydrogen) atoms. The molecule has 0 amide bonds. The second-order valence-corrected chi connectivity index (χ2v) is 7.66. The van der Waals surface area contributed by atoms with Crippen molar-refractivity contribution in [3.05, 3.63) is 71.7 Å². The molecule has 1 heterocycles. The average Bonchev–Trinajstić information content (AvgIpc) is 2.62. The monoisotopic (exact) mass is 377 g/mol. The summed E-state index contributed by atoms with van der Waals surface area (Å²) in [7, 11) is -4.10. The van der Waals surface area contributed by atoms with Crippen LogP contribution in [0.3, 0.4) is 0 Å². The van der Waals surface area contributed by atoms with Crippen molar-refractivity contribution in [2.24, 2.45) is 0 Å². The Balaban J connectivity index is 2.06. The van der Waals surface area contributed by atoms with Gasteiger partial charge in [0, 0.05) is 5.56 Å². The molecule has 6 nitrogen and oxygen atoms in total. The van der Waals surface area contributed by atoms with Crippen molar-refractivity contribution in [1.82, 2.24) is 4.31 Å². The maximum atomic E-state index is 13.1. The Hall–Kier alpha value is -2.87. The number of benzene rings is 2. The minimum absolute atomic E-state index is 0.0223. The Kier molecular flexibility index (Phi) is 4.69. The van der Waals surface area contributed by atoms with Crippen LogP contribution in [-0.4, -0.2) is 36.4 Å². The number of hydrogen-bond acceptors (Lipinski definition) is 4. The molecule has 3 rings (SSSR count). The summed E-state index contributed by atoms with van der Waals surface area (Å²) in [5.41, 5.74) is 1.32. The summed E-state index contributed by atoms with van der Waals surface area (Å²) < 4.78 is 45.2. The van der Waals surface area contributed by atoms with Crippen LogP contribution in [-0.2, 0) is 19.6 Å². The number of hydrogen-bond donors (Lipinski definition) is 1. The first-order valence-electron chi connectivity index (χ1n) is 7.72. The maximum Gasteiger partial charge on any atom is 0.331 e. The van der Waals surface area contributed by atoms with E-state index in [-0.39, 0.29) is 17.3 Å². The molecule has 8 heteroatoms. The van der Waals surface area contributed by atoms with Crippen LogP contribution >= 0.6 is 0 Å². The zero-order valence-corrected chi connectivity index (χ0v) is 14.6. The van der Waals surface area contributed by atoms with E-state index in [2.05, 4.69) is 0 Å². The molecule has 0 fully saturated rings. The van der Waals surface area contributed by atoms with Crippen molar-refractivity contribution < 1.29 is 27.4 Å². The predicted octanol–water partition coefficient (Wildman–Crippen LogP) is 2.61. The van der Waals surface area contributed by atoms with E-state index < -0.39 is 27.9 Å². The summed E-state index contributed by atoms with van der Waals surface area (Å²) in [5, 5.41) is 9.39. The highest BCUT2D eigenvalue weighted by molar-refractivity contribution is 7.89. The van der Waals surface area contributed by atoms with Crippen LogP contribution in [0.25, 0.3) is 5.76 Å². The largest absolute Gasteiger partial charge is 0.489 e. The van der Waals surface area contributed by atoms with Gasteiger partial charge in [0.2, 0.25) is 0 Å². The number of halogens is 1. The highest BCUT2D eigenvalue weighted by atomic mass is 32.2. The first-order valence-corrected chi connectivity index (χ1v) is 9.16. The van der Waals surface area contributed by atoms with E-state index in [9.17, 15) is 22.7 Å². The van der Waals surface area contributed by atoms with Gasteiger partial charge in [-0.25, -0.2) is 17.6 Å². The molecular weight excluding hydrogens is 361 g/mol. The van der Waals surface area contributed by atoms with E-state index >= 15 is 0 Å². The fraction of sp³-hybridized carbons (Fsp3) is 0.167. The average molecular weight is 377 g/mol.